The molecular weight excluding hydrogens is 376 g/mol. The number of fused-ring (bicyclic) bond motifs is 1. The number of aliphatic hydroxyl groups excluding tert-OH is 1. The average molecular weight is 390 g/mol. The Morgan fingerprint density at radius 3 is 2.79 bits per heavy atom. The van der Waals surface area contributed by atoms with E-state index in [9.17, 15) is 4.79 Å². The van der Waals surface area contributed by atoms with Crippen molar-refractivity contribution < 1.29 is 9.90 Å². The largest absolute Gasteiger partial charge is 0.396 e. The third-order valence-electron chi connectivity index (χ3n) is 2.89. The molecule has 0 aliphatic carbocycles. The Hall–Kier alpha value is -0.850. The van der Waals surface area contributed by atoms with Gasteiger partial charge in [-0.3, -0.25) is 4.79 Å². The Morgan fingerprint density at radius 1 is 1.42 bits per heavy atom. The molecular formula is C13H14Br2N2O2. The SMILES string of the molecule is CC(CO)CNC(=O)c1c[nH]c2cc(Br)c(Br)cc12. The van der Waals surface area contributed by atoms with E-state index >= 15 is 0 Å². The van der Waals surface area contributed by atoms with Gasteiger partial charge in [-0.1, -0.05) is 6.92 Å². The molecule has 102 valence electrons. The molecule has 2 rings (SSSR count). The van der Waals surface area contributed by atoms with E-state index in [4.69, 9.17) is 5.11 Å². The first-order valence-corrected chi connectivity index (χ1v) is 7.46. The summed E-state index contributed by atoms with van der Waals surface area (Å²) < 4.78 is 1.83. The molecule has 1 heterocycles. The standard InChI is InChI=1S/C13H14Br2N2O2/c1-7(6-18)4-17-13(19)9-5-16-12-3-11(15)10(14)2-8(9)12/h2-3,5,7,16,18H,4,6H2,1H3,(H,17,19). The summed E-state index contributed by atoms with van der Waals surface area (Å²) in [6.07, 6.45) is 1.70. The molecule has 19 heavy (non-hydrogen) atoms. The number of aromatic nitrogens is 1. The monoisotopic (exact) mass is 388 g/mol. The van der Waals surface area contributed by atoms with Crippen LogP contribution in [0.3, 0.4) is 0 Å². The second kappa shape index (κ2) is 6.07. The zero-order valence-electron chi connectivity index (χ0n) is 10.3. The van der Waals surface area contributed by atoms with Gasteiger partial charge in [0.1, 0.15) is 0 Å². The number of hydrogen-bond donors (Lipinski definition) is 3. The molecule has 0 bridgehead atoms. The van der Waals surface area contributed by atoms with Crippen molar-refractivity contribution in [3.05, 3.63) is 32.8 Å². The van der Waals surface area contributed by atoms with Gasteiger partial charge in [0.2, 0.25) is 0 Å². The molecule has 1 atom stereocenters. The Bertz CT molecular complexity index is 610. The van der Waals surface area contributed by atoms with Crippen molar-refractivity contribution in [1.82, 2.24) is 10.3 Å². The smallest absolute Gasteiger partial charge is 0.253 e. The fourth-order valence-corrected chi connectivity index (χ4v) is 2.42. The first kappa shape index (κ1) is 14.6. The number of carbonyl (C=O) groups is 1. The van der Waals surface area contributed by atoms with Gasteiger partial charge in [-0.25, -0.2) is 0 Å². The van der Waals surface area contributed by atoms with Crippen molar-refractivity contribution >= 4 is 48.7 Å². The maximum Gasteiger partial charge on any atom is 0.253 e. The molecule has 2 aromatic rings. The molecule has 1 unspecified atom stereocenters. The maximum atomic E-state index is 12.1. The third-order valence-corrected chi connectivity index (χ3v) is 4.73. The first-order chi connectivity index (χ1) is 9.02. The van der Waals surface area contributed by atoms with E-state index in [0.29, 0.717) is 12.1 Å². The van der Waals surface area contributed by atoms with E-state index in [-0.39, 0.29) is 18.4 Å². The van der Waals surface area contributed by atoms with E-state index < -0.39 is 0 Å². The molecule has 0 spiro atoms. The van der Waals surface area contributed by atoms with E-state index in [1.807, 2.05) is 19.1 Å². The number of hydrogen-bond acceptors (Lipinski definition) is 2. The van der Waals surface area contributed by atoms with Crippen LogP contribution in [0.15, 0.2) is 27.3 Å². The van der Waals surface area contributed by atoms with Crippen molar-refractivity contribution in [1.29, 1.82) is 0 Å². The highest BCUT2D eigenvalue weighted by atomic mass is 79.9. The lowest BCUT2D eigenvalue weighted by atomic mass is 10.1. The molecule has 1 amide bonds. The van der Waals surface area contributed by atoms with E-state index in [1.165, 1.54) is 0 Å². The lowest BCUT2D eigenvalue weighted by Crippen LogP contribution is -2.29. The molecule has 0 aliphatic rings. The van der Waals surface area contributed by atoms with Crippen molar-refractivity contribution in [2.45, 2.75) is 6.92 Å². The van der Waals surface area contributed by atoms with Crippen molar-refractivity contribution in [2.75, 3.05) is 13.2 Å². The summed E-state index contributed by atoms with van der Waals surface area (Å²) in [6.45, 7) is 2.40. The number of benzene rings is 1. The number of nitrogens with one attached hydrogen (secondary N) is 2. The van der Waals surface area contributed by atoms with Gasteiger partial charge in [0.25, 0.3) is 5.91 Å². The molecule has 0 aliphatic heterocycles. The average Bonchev–Trinajstić information content (AvgIpc) is 2.79. The highest BCUT2D eigenvalue weighted by Crippen LogP contribution is 2.29. The fourth-order valence-electron chi connectivity index (χ4n) is 1.73. The summed E-state index contributed by atoms with van der Waals surface area (Å²) in [5.74, 6) is -0.0872. The van der Waals surface area contributed by atoms with Crippen molar-refractivity contribution in [3.63, 3.8) is 0 Å². The zero-order valence-corrected chi connectivity index (χ0v) is 13.5. The molecule has 0 radical (unpaired) electrons. The molecule has 0 saturated carbocycles. The van der Waals surface area contributed by atoms with Crippen LogP contribution in [0, 0.1) is 5.92 Å². The number of H-pyrrole nitrogens is 1. The Morgan fingerprint density at radius 2 is 2.11 bits per heavy atom. The zero-order chi connectivity index (χ0) is 14.0. The van der Waals surface area contributed by atoms with E-state index in [1.54, 1.807) is 6.20 Å². The summed E-state index contributed by atoms with van der Waals surface area (Å²) in [7, 11) is 0. The highest BCUT2D eigenvalue weighted by Gasteiger charge is 2.14. The Kier molecular flexibility index (Phi) is 4.65. The van der Waals surface area contributed by atoms with Crippen LogP contribution in [0.5, 0.6) is 0 Å². The second-order valence-corrected chi connectivity index (χ2v) is 6.22. The minimum Gasteiger partial charge on any atom is -0.396 e. The predicted molar refractivity (Wildman–Crippen MR) is 82.3 cm³/mol. The molecule has 6 heteroatoms. The van der Waals surface area contributed by atoms with Crippen molar-refractivity contribution in [3.8, 4) is 0 Å². The van der Waals surface area contributed by atoms with Gasteiger partial charge in [0.15, 0.2) is 0 Å². The number of aliphatic hydroxyl groups is 1. The van der Waals surface area contributed by atoms with Crippen LogP contribution < -0.4 is 5.32 Å². The first-order valence-electron chi connectivity index (χ1n) is 5.88. The molecule has 1 aromatic carbocycles. The highest BCUT2D eigenvalue weighted by molar-refractivity contribution is 9.13. The van der Waals surface area contributed by atoms with Gasteiger partial charge >= 0.3 is 0 Å². The minimum absolute atomic E-state index is 0.0510. The second-order valence-electron chi connectivity index (χ2n) is 4.51. The minimum atomic E-state index is -0.138. The van der Waals surface area contributed by atoms with Crippen LogP contribution >= 0.6 is 31.9 Å². The van der Waals surface area contributed by atoms with E-state index in [0.717, 1.165) is 19.8 Å². The number of amides is 1. The summed E-state index contributed by atoms with van der Waals surface area (Å²) in [5, 5.41) is 12.6. The molecule has 4 nitrogen and oxygen atoms in total. The van der Waals surface area contributed by atoms with Crippen LogP contribution in [0.25, 0.3) is 10.9 Å². The van der Waals surface area contributed by atoms with Crippen LogP contribution in [0.4, 0.5) is 0 Å². The molecule has 0 saturated heterocycles. The third kappa shape index (κ3) is 3.19. The normalized spacial score (nSPS) is 12.6. The van der Waals surface area contributed by atoms with Crippen LogP contribution in [0.1, 0.15) is 17.3 Å². The van der Waals surface area contributed by atoms with Gasteiger partial charge in [0, 0.05) is 39.2 Å². The maximum absolute atomic E-state index is 12.1. The number of halogens is 2. The van der Waals surface area contributed by atoms with Gasteiger partial charge in [-0.15, -0.1) is 0 Å². The van der Waals surface area contributed by atoms with Crippen LogP contribution in [-0.4, -0.2) is 29.1 Å². The molecule has 1 aromatic heterocycles. The van der Waals surface area contributed by atoms with Gasteiger partial charge in [0.05, 0.1) is 5.56 Å². The Balaban J connectivity index is 2.25. The van der Waals surface area contributed by atoms with Crippen LogP contribution in [0.2, 0.25) is 0 Å². The summed E-state index contributed by atoms with van der Waals surface area (Å²) >= 11 is 6.86. The van der Waals surface area contributed by atoms with E-state index in [2.05, 4.69) is 42.2 Å². The topological polar surface area (TPSA) is 65.1 Å². The Labute approximate surface area is 127 Å². The molecule has 3 N–H and O–H groups in total. The van der Waals surface area contributed by atoms with Gasteiger partial charge in [-0.2, -0.15) is 0 Å². The molecule has 0 fully saturated rings. The lowest BCUT2D eigenvalue weighted by molar-refractivity contribution is 0.0944. The summed E-state index contributed by atoms with van der Waals surface area (Å²) in [5.41, 5.74) is 1.50. The lowest BCUT2D eigenvalue weighted by Gasteiger charge is -2.09. The summed E-state index contributed by atoms with van der Waals surface area (Å²) in [4.78, 5) is 15.2. The fraction of sp³-hybridized carbons (Fsp3) is 0.308. The van der Waals surface area contributed by atoms with Crippen LogP contribution in [-0.2, 0) is 0 Å². The number of rotatable bonds is 4. The summed E-state index contributed by atoms with van der Waals surface area (Å²) in [6, 6.07) is 3.83. The van der Waals surface area contributed by atoms with Gasteiger partial charge < -0.3 is 15.4 Å². The quantitative estimate of drug-likeness (QED) is 0.752. The predicted octanol–water partition coefficient (Wildman–Crippen LogP) is 3.05. The van der Waals surface area contributed by atoms with Gasteiger partial charge in [-0.05, 0) is 49.9 Å². The number of aromatic amines is 1. The number of carbonyl (C=O) groups excluding carboxylic acids is 1. The van der Waals surface area contributed by atoms with Crippen molar-refractivity contribution in [2.24, 2.45) is 5.92 Å².